The molecule has 122 valence electrons. The summed E-state index contributed by atoms with van der Waals surface area (Å²) in [5.74, 6) is 0.706. The molecular weight excluding hydrogens is 282 g/mol. The summed E-state index contributed by atoms with van der Waals surface area (Å²) in [5, 5.41) is 11.2. The summed E-state index contributed by atoms with van der Waals surface area (Å²) in [7, 11) is 0. The minimum absolute atomic E-state index is 0.0111. The molecule has 2 atom stereocenters. The Morgan fingerprint density at radius 1 is 1.36 bits per heavy atom. The van der Waals surface area contributed by atoms with Gasteiger partial charge in [0.15, 0.2) is 0 Å². The second-order valence-electron chi connectivity index (χ2n) is 6.61. The summed E-state index contributed by atoms with van der Waals surface area (Å²) >= 11 is 0. The number of amides is 1. The van der Waals surface area contributed by atoms with Crippen molar-refractivity contribution in [2.75, 3.05) is 19.6 Å². The molecule has 1 N–H and O–H groups in total. The summed E-state index contributed by atoms with van der Waals surface area (Å²) in [6.07, 6.45) is 4.83. The number of nitrogens with one attached hydrogen (secondary N) is 1. The third-order valence-corrected chi connectivity index (χ3v) is 4.06. The van der Waals surface area contributed by atoms with E-state index in [1.165, 1.54) is 12.8 Å². The number of hydrogen-bond acceptors (Lipinski definition) is 5. The van der Waals surface area contributed by atoms with Crippen LogP contribution in [0.5, 0.6) is 0 Å². The zero-order valence-corrected chi connectivity index (χ0v) is 13.4. The molecule has 1 aromatic rings. The van der Waals surface area contributed by atoms with Gasteiger partial charge in [0.2, 0.25) is 5.91 Å². The summed E-state index contributed by atoms with van der Waals surface area (Å²) in [6, 6.07) is 0. The van der Waals surface area contributed by atoms with E-state index < -0.39 is 0 Å². The molecule has 1 aromatic heterocycles. The van der Waals surface area contributed by atoms with Gasteiger partial charge in [-0.3, -0.25) is 9.69 Å². The van der Waals surface area contributed by atoms with Crippen LogP contribution in [-0.4, -0.2) is 57.6 Å². The predicted octanol–water partition coefficient (Wildman–Crippen LogP) is 0.414. The maximum Gasteiger partial charge on any atom is 0.241 e. The molecule has 1 aliphatic heterocycles. The van der Waals surface area contributed by atoms with Crippen molar-refractivity contribution in [2.45, 2.75) is 52.0 Å². The lowest BCUT2D eigenvalue weighted by Crippen LogP contribution is -2.44. The number of carbonyl (C=O) groups is 1. The van der Waals surface area contributed by atoms with Crippen molar-refractivity contribution in [1.29, 1.82) is 0 Å². The van der Waals surface area contributed by atoms with Crippen LogP contribution in [0.25, 0.3) is 0 Å². The van der Waals surface area contributed by atoms with E-state index in [1.54, 1.807) is 4.68 Å². The third kappa shape index (κ3) is 4.51. The van der Waals surface area contributed by atoms with Crippen molar-refractivity contribution in [3.63, 3.8) is 0 Å². The molecule has 0 spiro atoms. The molecule has 7 heteroatoms. The molecule has 0 unspecified atom stereocenters. The molecule has 0 bridgehead atoms. The molecule has 1 aliphatic carbocycles. The Morgan fingerprint density at radius 3 is 2.77 bits per heavy atom. The van der Waals surface area contributed by atoms with E-state index in [0.29, 0.717) is 5.92 Å². The van der Waals surface area contributed by atoms with Crippen molar-refractivity contribution in [2.24, 2.45) is 5.92 Å². The Kier molecular flexibility index (Phi) is 4.73. The van der Waals surface area contributed by atoms with Gasteiger partial charge in [-0.25, -0.2) is 4.68 Å². The largest absolute Gasteiger partial charge is 0.373 e. The number of ether oxygens (including phenoxy) is 1. The summed E-state index contributed by atoms with van der Waals surface area (Å²) in [6.45, 7) is 7.77. The molecule has 2 aliphatic rings. The topological polar surface area (TPSA) is 72.3 Å². The molecule has 0 aromatic carbocycles. The average Bonchev–Trinajstić information content (AvgIpc) is 3.17. The SMILES string of the molecule is C[C@@H]1CN(Cc2cn(CC(=O)NCC3CC3)nn2)C[C@H](C)O1. The molecule has 1 saturated heterocycles. The van der Waals surface area contributed by atoms with Crippen LogP contribution in [0.2, 0.25) is 0 Å². The van der Waals surface area contributed by atoms with Crippen LogP contribution in [0.1, 0.15) is 32.4 Å². The quantitative estimate of drug-likeness (QED) is 0.824. The Hall–Kier alpha value is -1.47. The lowest BCUT2D eigenvalue weighted by Gasteiger charge is -2.34. The van der Waals surface area contributed by atoms with Crippen molar-refractivity contribution in [3.8, 4) is 0 Å². The zero-order chi connectivity index (χ0) is 15.5. The van der Waals surface area contributed by atoms with E-state index in [4.69, 9.17) is 4.74 Å². The van der Waals surface area contributed by atoms with Crippen molar-refractivity contribution in [3.05, 3.63) is 11.9 Å². The van der Waals surface area contributed by atoms with Crippen LogP contribution in [0.3, 0.4) is 0 Å². The average molecular weight is 307 g/mol. The summed E-state index contributed by atoms with van der Waals surface area (Å²) < 4.78 is 7.34. The Balaban J connectivity index is 1.46. The lowest BCUT2D eigenvalue weighted by molar-refractivity contribution is -0.121. The highest BCUT2D eigenvalue weighted by molar-refractivity contribution is 5.75. The summed E-state index contributed by atoms with van der Waals surface area (Å²) in [5.41, 5.74) is 0.899. The molecule has 1 saturated carbocycles. The van der Waals surface area contributed by atoms with E-state index >= 15 is 0 Å². The standard InChI is InChI=1S/C15H25N5O2/c1-11-6-19(7-12(2)22-11)8-14-9-20(18-17-14)10-15(21)16-5-13-3-4-13/h9,11-13H,3-8,10H2,1-2H3,(H,16,21)/t11-,12+. The molecular formula is C15H25N5O2. The number of nitrogens with zero attached hydrogens (tertiary/aromatic N) is 4. The molecule has 3 rings (SSSR count). The Bertz CT molecular complexity index is 504. The first-order chi connectivity index (χ1) is 10.6. The van der Waals surface area contributed by atoms with Gasteiger partial charge in [0.1, 0.15) is 6.54 Å². The first-order valence-corrected chi connectivity index (χ1v) is 8.12. The van der Waals surface area contributed by atoms with E-state index in [2.05, 4.69) is 34.4 Å². The van der Waals surface area contributed by atoms with Crippen LogP contribution >= 0.6 is 0 Å². The van der Waals surface area contributed by atoms with Gasteiger partial charge in [0.25, 0.3) is 0 Å². The second-order valence-corrected chi connectivity index (χ2v) is 6.61. The fraction of sp³-hybridized carbons (Fsp3) is 0.800. The number of hydrogen-bond donors (Lipinski definition) is 1. The number of carbonyl (C=O) groups excluding carboxylic acids is 1. The normalized spacial score (nSPS) is 26.1. The van der Waals surface area contributed by atoms with E-state index in [0.717, 1.165) is 31.9 Å². The molecule has 0 radical (unpaired) electrons. The minimum atomic E-state index is 0.0111. The van der Waals surface area contributed by atoms with Gasteiger partial charge in [-0.15, -0.1) is 5.10 Å². The van der Waals surface area contributed by atoms with Crippen LogP contribution < -0.4 is 5.32 Å². The highest BCUT2D eigenvalue weighted by atomic mass is 16.5. The second kappa shape index (κ2) is 6.75. The van der Waals surface area contributed by atoms with Gasteiger partial charge >= 0.3 is 0 Å². The Labute approximate surface area is 131 Å². The molecule has 1 amide bonds. The van der Waals surface area contributed by atoms with Crippen molar-refractivity contribution >= 4 is 5.91 Å². The number of rotatable bonds is 6. The van der Waals surface area contributed by atoms with E-state index in [1.807, 2.05) is 6.20 Å². The smallest absolute Gasteiger partial charge is 0.241 e. The van der Waals surface area contributed by atoms with Crippen LogP contribution in [0, 0.1) is 5.92 Å². The maximum absolute atomic E-state index is 11.8. The van der Waals surface area contributed by atoms with E-state index in [9.17, 15) is 4.79 Å². The van der Waals surface area contributed by atoms with Gasteiger partial charge in [-0.05, 0) is 32.6 Å². The maximum atomic E-state index is 11.8. The number of morpholine rings is 1. The first kappa shape index (κ1) is 15.4. The third-order valence-electron chi connectivity index (χ3n) is 4.06. The zero-order valence-electron chi connectivity index (χ0n) is 13.4. The van der Waals surface area contributed by atoms with Crippen LogP contribution in [0.15, 0.2) is 6.20 Å². The fourth-order valence-electron chi connectivity index (χ4n) is 2.91. The molecule has 7 nitrogen and oxygen atoms in total. The first-order valence-electron chi connectivity index (χ1n) is 8.12. The van der Waals surface area contributed by atoms with Crippen LogP contribution in [0.4, 0.5) is 0 Å². The fourth-order valence-corrected chi connectivity index (χ4v) is 2.91. The van der Waals surface area contributed by atoms with Crippen molar-refractivity contribution in [1.82, 2.24) is 25.2 Å². The van der Waals surface area contributed by atoms with Gasteiger partial charge in [-0.1, -0.05) is 5.21 Å². The Morgan fingerprint density at radius 2 is 2.09 bits per heavy atom. The molecule has 2 fully saturated rings. The van der Waals surface area contributed by atoms with E-state index in [-0.39, 0.29) is 24.7 Å². The molecule has 22 heavy (non-hydrogen) atoms. The summed E-state index contributed by atoms with van der Waals surface area (Å²) in [4.78, 5) is 14.1. The van der Waals surface area contributed by atoms with Gasteiger partial charge in [0.05, 0.1) is 24.1 Å². The highest BCUT2D eigenvalue weighted by Gasteiger charge is 2.23. The van der Waals surface area contributed by atoms with Gasteiger partial charge in [-0.2, -0.15) is 0 Å². The van der Waals surface area contributed by atoms with Gasteiger partial charge < -0.3 is 10.1 Å². The molecule has 2 heterocycles. The van der Waals surface area contributed by atoms with Gasteiger partial charge in [0, 0.05) is 26.2 Å². The minimum Gasteiger partial charge on any atom is -0.373 e. The van der Waals surface area contributed by atoms with Crippen LogP contribution in [-0.2, 0) is 22.6 Å². The predicted molar refractivity (Wildman–Crippen MR) is 81.0 cm³/mol. The monoisotopic (exact) mass is 307 g/mol. The van der Waals surface area contributed by atoms with Crippen molar-refractivity contribution < 1.29 is 9.53 Å². The highest BCUT2D eigenvalue weighted by Crippen LogP contribution is 2.27. The lowest BCUT2D eigenvalue weighted by atomic mass is 10.2. The number of aromatic nitrogens is 3.